The van der Waals surface area contributed by atoms with Crippen LogP contribution in [0, 0.1) is 0 Å². The molecule has 0 aliphatic carbocycles. The fraction of sp³-hybridized carbons (Fsp3) is 0.750. The molecule has 9 heavy (non-hydrogen) atoms. The number of hydrogen-bond donors (Lipinski definition) is 2. The lowest BCUT2D eigenvalue weighted by molar-refractivity contribution is -0.123. The summed E-state index contributed by atoms with van der Waals surface area (Å²) in [6, 6.07) is 0. The monoisotopic (exact) mass is 258 g/mol. The van der Waals surface area contributed by atoms with E-state index in [9.17, 15) is 4.79 Å². The van der Waals surface area contributed by atoms with E-state index in [1.165, 1.54) is 0 Å². The molecule has 0 bridgehead atoms. The predicted molar refractivity (Wildman–Crippen MR) is 43.2 cm³/mol. The third kappa shape index (κ3) is 2.64. The third-order valence-corrected chi connectivity index (χ3v) is 2.24. The molecule has 0 aliphatic rings. The van der Waals surface area contributed by atoms with Crippen molar-refractivity contribution in [1.29, 1.82) is 0 Å². The molecule has 0 spiro atoms. The minimum atomic E-state index is -0.580. The van der Waals surface area contributed by atoms with Gasteiger partial charge in [-0.25, -0.2) is 4.34 Å². The van der Waals surface area contributed by atoms with E-state index < -0.39 is 5.54 Å². The van der Waals surface area contributed by atoms with Gasteiger partial charge in [0.1, 0.15) is 5.54 Å². The summed E-state index contributed by atoms with van der Waals surface area (Å²) in [6.07, 6.45) is 0. The summed E-state index contributed by atoms with van der Waals surface area (Å²) < 4.78 is 5.00. The Balaban J connectivity index is 3.97. The van der Waals surface area contributed by atoms with Crippen LogP contribution in [-0.2, 0) is 4.79 Å². The Labute approximate surface area is 71.3 Å². The summed E-state index contributed by atoms with van der Waals surface area (Å²) in [5, 5.41) is 0. The highest BCUT2D eigenvalue weighted by Gasteiger charge is 2.24. The highest BCUT2D eigenvalue weighted by Crippen LogP contribution is 2.03. The standard InChI is InChI=1S/C4H8Br2N2O/c1-4(2,8-6)3(9)7-5/h8H,1-2H3,(H,7,9). The third-order valence-electron chi connectivity index (χ3n) is 0.890. The van der Waals surface area contributed by atoms with Crippen molar-refractivity contribution in [2.45, 2.75) is 19.4 Å². The number of halogens is 2. The Morgan fingerprint density at radius 2 is 1.89 bits per heavy atom. The van der Waals surface area contributed by atoms with E-state index in [2.05, 4.69) is 41.0 Å². The van der Waals surface area contributed by atoms with Crippen molar-refractivity contribution < 1.29 is 4.79 Å². The van der Waals surface area contributed by atoms with E-state index in [0.717, 1.165) is 0 Å². The van der Waals surface area contributed by atoms with E-state index in [1.807, 2.05) is 0 Å². The molecule has 0 aliphatic heterocycles. The molecule has 0 aromatic heterocycles. The normalized spacial score (nSPS) is 11.1. The highest BCUT2D eigenvalue weighted by atomic mass is 79.9. The van der Waals surface area contributed by atoms with Crippen LogP contribution >= 0.6 is 32.3 Å². The van der Waals surface area contributed by atoms with Gasteiger partial charge in [0.15, 0.2) is 0 Å². The van der Waals surface area contributed by atoms with E-state index >= 15 is 0 Å². The Kier molecular flexibility index (Phi) is 3.68. The minimum absolute atomic E-state index is 0.126. The first-order valence-corrected chi connectivity index (χ1v) is 3.92. The summed E-state index contributed by atoms with van der Waals surface area (Å²) >= 11 is 5.81. The number of amides is 1. The van der Waals surface area contributed by atoms with Crippen molar-refractivity contribution in [1.82, 2.24) is 8.69 Å². The first kappa shape index (κ1) is 9.39. The molecule has 0 saturated heterocycles. The van der Waals surface area contributed by atoms with Crippen molar-refractivity contribution in [3.63, 3.8) is 0 Å². The van der Waals surface area contributed by atoms with Gasteiger partial charge >= 0.3 is 0 Å². The topological polar surface area (TPSA) is 41.1 Å². The second-order valence-corrected chi connectivity index (χ2v) is 2.94. The van der Waals surface area contributed by atoms with Crippen molar-refractivity contribution >= 4 is 38.2 Å². The lowest BCUT2D eigenvalue weighted by Crippen LogP contribution is -2.45. The molecule has 0 aromatic rings. The van der Waals surface area contributed by atoms with Gasteiger partial charge in [0.05, 0.1) is 0 Å². The molecule has 3 nitrogen and oxygen atoms in total. The number of carbonyl (C=O) groups is 1. The van der Waals surface area contributed by atoms with Gasteiger partial charge in [-0.1, -0.05) is 0 Å². The Hall–Kier alpha value is 0.390. The van der Waals surface area contributed by atoms with Crippen LogP contribution in [0.4, 0.5) is 0 Å². The van der Waals surface area contributed by atoms with Gasteiger partial charge in [0.2, 0.25) is 5.91 Å². The Morgan fingerprint density at radius 1 is 1.44 bits per heavy atom. The van der Waals surface area contributed by atoms with Gasteiger partial charge in [-0.2, -0.15) is 0 Å². The fourth-order valence-corrected chi connectivity index (χ4v) is 0.837. The molecule has 54 valence electrons. The Bertz CT molecular complexity index is 115. The average Bonchev–Trinajstić information content (AvgIpc) is 1.86. The maximum Gasteiger partial charge on any atom is 0.250 e. The van der Waals surface area contributed by atoms with Gasteiger partial charge in [-0.15, -0.1) is 0 Å². The Morgan fingerprint density at radius 3 is 2.00 bits per heavy atom. The first-order valence-electron chi connectivity index (χ1n) is 2.33. The number of hydrogen-bond acceptors (Lipinski definition) is 2. The van der Waals surface area contributed by atoms with E-state index in [-0.39, 0.29) is 5.91 Å². The molecule has 0 heterocycles. The highest BCUT2D eigenvalue weighted by molar-refractivity contribution is 9.08. The molecular formula is C4H8Br2N2O. The van der Waals surface area contributed by atoms with Crippen molar-refractivity contribution in [3.05, 3.63) is 0 Å². The van der Waals surface area contributed by atoms with Crippen LogP contribution in [0.5, 0.6) is 0 Å². The van der Waals surface area contributed by atoms with Crippen LogP contribution in [0.3, 0.4) is 0 Å². The van der Waals surface area contributed by atoms with Crippen LogP contribution in [0.2, 0.25) is 0 Å². The van der Waals surface area contributed by atoms with Crippen LogP contribution in [0.15, 0.2) is 0 Å². The van der Waals surface area contributed by atoms with Crippen molar-refractivity contribution in [2.75, 3.05) is 0 Å². The number of nitrogens with one attached hydrogen (secondary N) is 2. The molecule has 2 N–H and O–H groups in total. The molecule has 5 heteroatoms. The van der Waals surface area contributed by atoms with Crippen LogP contribution in [-0.4, -0.2) is 11.4 Å². The molecule has 0 rings (SSSR count). The zero-order valence-electron chi connectivity index (χ0n) is 5.16. The number of carbonyl (C=O) groups excluding carboxylic acids is 1. The second-order valence-electron chi connectivity index (χ2n) is 2.14. The maximum absolute atomic E-state index is 10.8. The fourth-order valence-electron chi connectivity index (χ4n) is 0.161. The van der Waals surface area contributed by atoms with Gasteiger partial charge in [0, 0.05) is 32.3 Å². The van der Waals surface area contributed by atoms with Gasteiger partial charge < -0.3 is 0 Å². The molecule has 0 unspecified atom stereocenters. The van der Waals surface area contributed by atoms with Gasteiger partial charge in [0.25, 0.3) is 0 Å². The zero-order valence-corrected chi connectivity index (χ0v) is 8.34. The SMILES string of the molecule is CC(C)(NBr)C(=O)NBr. The summed E-state index contributed by atoms with van der Waals surface area (Å²) in [5.41, 5.74) is -0.580. The summed E-state index contributed by atoms with van der Waals surface area (Å²) in [7, 11) is 0. The maximum atomic E-state index is 10.8. The van der Waals surface area contributed by atoms with E-state index in [1.54, 1.807) is 13.8 Å². The lowest BCUT2D eigenvalue weighted by atomic mass is 10.1. The average molecular weight is 260 g/mol. The molecular weight excluding hydrogens is 252 g/mol. The summed E-state index contributed by atoms with van der Waals surface area (Å²) in [4.78, 5) is 10.8. The van der Waals surface area contributed by atoms with Gasteiger partial charge in [-0.05, 0) is 13.8 Å². The van der Waals surface area contributed by atoms with Crippen LogP contribution in [0.1, 0.15) is 13.8 Å². The van der Waals surface area contributed by atoms with E-state index in [4.69, 9.17) is 0 Å². The second kappa shape index (κ2) is 3.53. The van der Waals surface area contributed by atoms with Gasteiger partial charge in [-0.3, -0.25) is 9.14 Å². The van der Waals surface area contributed by atoms with Crippen molar-refractivity contribution in [2.24, 2.45) is 0 Å². The van der Waals surface area contributed by atoms with Crippen LogP contribution < -0.4 is 8.69 Å². The zero-order chi connectivity index (χ0) is 7.49. The van der Waals surface area contributed by atoms with Crippen molar-refractivity contribution in [3.8, 4) is 0 Å². The first-order chi connectivity index (χ1) is 4.04. The quantitative estimate of drug-likeness (QED) is 0.729. The van der Waals surface area contributed by atoms with Crippen LogP contribution in [0.25, 0.3) is 0 Å². The predicted octanol–water partition coefficient (Wildman–Crippen LogP) is 1.09. The molecule has 0 atom stereocenters. The molecule has 1 amide bonds. The number of rotatable bonds is 2. The summed E-state index contributed by atoms with van der Waals surface area (Å²) in [6.45, 7) is 3.50. The molecule has 0 fully saturated rings. The largest absolute Gasteiger partial charge is 0.291 e. The summed E-state index contributed by atoms with van der Waals surface area (Å²) in [5.74, 6) is -0.126. The van der Waals surface area contributed by atoms with E-state index in [0.29, 0.717) is 0 Å². The molecule has 0 saturated carbocycles. The smallest absolute Gasteiger partial charge is 0.250 e. The molecule has 0 aromatic carbocycles. The molecule has 0 radical (unpaired) electrons. The lowest BCUT2D eigenvalue weighted by Gasteiger charge is -2.18. The minimum Gasteiger partial charge on any atom is -0.291 e.